The van der Waals surface area contributed by atoms with E-state index in [1.54, 1.807) is 24.3 Å². The second-order valence-electron chi connectivity index (χ2n) is 6.78. The zero-order chi connectivity index (χ0) is 22.9. The van der Waals surface area contributed by atoms with Gasteiger partial charge in [-0.1, -0.05) is 41.9 Å². The summed E-state index contributed by atoms with van der Waals surface area (Å²) < 4.78 is 74.0. The normalized spacial score (nSPS) is 12.1. The number of furan rings is 1. The molecule has 0 bridgehead atoms. The second kappa shape index (κ2) is 8.45. The second-order valence-corrected chi connectivity index (χ2v) is 10.5. The van der Waals surface area contributed by atoms with Gasteiger partial charge >= 0.3 is 0 Å². The van der Waals surface area contributed by atoms with Crippen LogP contribution in [0.4, 0.5) is 15.8 Å². The molecule has 0 saturated carbocycles. The molecule has 0 spiro atoms. The molecular weight excluding hydrogens is 479 g/mol. The minimum atomic E-state index is -4.20. The molecule has 0 fully saturated rings. The molecule has 32 heavy (non-hydrogen) atoms. The van der Waals surface area contributed by atoms with Gasteiger partial charge in [-0.2, -0.15) is 8.42 Å². The lowest BCUT2D eigenvalue weighted by molar-refractivity contribution is 0.484. The number of hydrogen-bond donors (Lipinski definition) is 2. The van der Waals surface area contributed by atoms with Gasteiger partial charge in [-0.15, -0.1) is 0 Å². The van der Waals surface area contributed by atoms with Crippen LogP contribution in [0.3, 0.4) is 0 Å². The van der Waals surface area contributed by atoms with Crippen LogP contribution in [-0.4, -0.2) is 16.8 Å². The molecule has 1 aromatic heterocycles. The van der Waals surface area contributed by atoms with E-state index in [1.807, 2.05) is 0 Å². The fraction of sp³-hybridized carbons (Fsp3) is 0.0476. The summed E-state index contributed by atoms with van der Waals surface area (Å²) in [6.45, 7) is -0.724. The first-order chi connectivity index (χ1) is 15.2. The monoisotopic (exact) mass is 494 g/mol. The molecule has 4 aromatic rings. The highest BCUT2D eigenvalue weighted by molar-refractivity contribution is 7.93. The Labute approximate surface area is 188 Å². The van der Waals surface area contributed by atoms with E-state index < -0.39 is 26.7 Å². The van der Waals surface area contributed by atoms with Gasteiger partial charge in [-0.05, 0) is 42.0 Å². The van der Waals surface area contributed by atoms with Gasteiger partial charge < -0.3 is 4.42 Å². The van der Waals surface area contributed by atoms with E-state index in [-0.39, 0.29) is 26.4 Å². The smallest absolute Gasteiger partial charge is 0.295 e. The van der Waals surface area contributed by atoms with Crippen molar-refractivity contribution >= 4 is 54.0 Å². The van der Waals surface area contributed by atoms with Crippen LogP contribution in [0.1, 0.15) is 5.56 Å². The van der Waals surface area contributed by atoms with Gasteiger partial charge in [-0.25, -0.2) is 12.8 Å². The molecule has 0 aliphatic carbocycles. The summed E-state index contributed by atoms with van der Waals surface area (Å²) in [6, 6.07) is 17.3. The van der Waals surface area contributed by atoms with Crippen molar-refractivity contribution in [1.29, 1.82) is 0 Å². The third kappa shape index (κ3) is 4.57. The minimum Gasteiger partial charge on any atom is -0.443 e. The average Bonchev–Trinajstić information content (AvgIpc) is 3.21. The lowest BCUT2D eigenvalue weighted by Crippen LogP contribution is -2.17. The number of rotatable bonds is 7. The van der Waals surface area contributed by atoms with Crippen molar-refractivity contribution in [2.45, 2.75) is 16.7 Å². The Morgan fingerprint density at radius 1 is 0.812 bits per heavy atom. The first-order valence-electron chi connectivity index (χ1n) is 9.17. The maximum Gasteiger partial charge on any atom is 0.295 e. The van der Waals surface area contributed by atoms with E-state index in [0.717, 1.165) is 0 Å². The van der Waals surface area contributed by atoms with Gasteiger partial charge in [0.05, 0.1) is 16.3 Å². The highest BCUT2D eigenvalue weighted by Gasteiger charge is 2.23. The molecule has 7 nitrogen and oxygen atoms in total. The zero-order valence-corrected chi connectivity index (χ0v) is 18.6. The fourth-order valence-corrected chi connectivity index (χ4v) is 5.23. The van der Waals surface area contributed by atoms with Crippen molar-refractivity contribution in [3.05, 3.63) is 83.4 Å². The number of sulfonamides is 2. The average molecular weight is 495 g/mol. The largest absolute Gasteiger partial charge is 0.443 e. The zero-order valence-electron chi connectivity index (χ0n) is 16.2. The SMILES string of the molecule is O=S(=O)(Nc1ccc(Cl)cc1NS(=O)(=O)c1cc2ccccc2o1)c1ccc(CF)cc1. The summed E-state index contributed by atoms with van der Waals surface area (Å²) in [5.74, 6) is 0. The number of para-hydroxylation sites is 1. The van der Waals surface area contributed by atoms with Crippen molar-refractivity contribution in [2.75, 3.05) is 9.44 Å². The van der Waals surface area contributed by atoms with Crippen LogP contribution in [0.2, 0.25) is 5.02 Å². The van der Waals surface area contributed by atoms with Gasteiger partial charge in [-0.3, -0.25) is 9.44 Å². The van der Waals surface area contributed by atoms with Gasteiger partial charge in [0, 0.05) is 16.5 Å². The molecule has 166 valence electrons. The Morgan fingerprint density at radius 2 is 1.50 bits per heavy atom. The van der Waals surface area contributed by atoms with Crippen molar-refractivity contribution in [3.63, 3.8) is 0 Å². The Hall–Kier alpha value is -3.08. The van der Waals surface area contributed by atoms with E-state index in [1.165, 1.54) is 48.5 Å². The fourth-order valence-electron chi connectivity index (χ4n) is 2.94. The third-order valence-corrected chi connectivity index (χ3v) is 7.36. The molecule has 0 amide bonds. The summed E-state index contributed by atoms with van der Waals surface area (Å²) in [4.78, 5) is -0.115. The van der Waals surface area contributed by atoms with Gasteiger partial charge in [0.2, 0.25) is 5.09 Å². The predicted molar refractivity (Wildman–Crippen MR) is 121 cm³/mol. The maximum absolute atomic E-state index is 12.9. The number of nitrogens with one attached hydrogen (secondary N) is 2. The molecule has 0 radical (unpaired) electrons. The summed E-state index contributed by atoms with van der Waals surface area (Å²) in [7, 11) is -8.28. The maximum atomic E-state index is 12.9. The minimum absolute atomic E-state index is 0.0522. The van der Waals surface area contributed by atoms with Crippen LogP contribution >= 0.6 is 11.6 Å². The lowest BCUT2D eigenvalue weighted by Gasteiger charge is -2.14. The van der Waals surface area contributed by atoms with Gasteiger partial charge in [0.1, 0.15) is 12.3 Å². The molecule has 1 heterocycles. The van der Waals surface area contributed by atoms with Crippen molar-refractivity contribution in [2.24, 2.45) is 0 Å². The number of halogens is 2. The van der Waals surface area contributed by atoms with Crippen molar-refractivity contribution in [3.8, 4) is 0 Å². The van der Waals surface area contributed by atoms with Crippen LogP contribution in [0.25, 0.3) is 11.0 Å². The molecule has 4 rings (SSSR count). The first-order valence-corrected chi connectivity index (χ1v) is 12.5. The molecule has 11 heteroatoms. The van der Waals surface area contributed by atoms with Crippen molar-refractivity contribution < 1.29 is 25.6 Å². The Balaban J connectivity index is 1.67. The topological polar surface area (TPSA) is 105 Å². The number of alkyl halides is 1. The highest BCUT2D eigenvalue weighted by Crippen LogP contribution is 2.31. The summed E-state index contributed by atoms with van der Waals surface area (Å²) >= 11 is 6.01. The van der Waals surface area contributed by atoms with Crippen LogP contribution in [0.15, 0.2) is 87.2 Å². The standard InChI is InChI=1S/C21H16ClFN2O5S2/c22-16-7-10-18(24-31(26,27)17-8-5-14(13-23)6-9-17)19(12-16)25-32(28,29)21-11-15-3-1-2-4-20(15)30-21/h1-12,24-25H,13H2. The van der Waals surface area contributed by atoms with E-state index >= 15 is 0 Å². The van der Waals surface area contributed by atoms with Crippen LogP contribution in [-0.2, 0) is 26.7 Å². The summed E-state index contributed by atoms with van der Waals surface area (Å²) in [5.41, 5.74) is 0.567. The highest BCUT2D eigenvalue weighted by atomic mass is 35.5. The molecule has 2 N–H and O–H groups in total. The van der Waals surface area contributed by atoms with Crippen molar-refractivity contribution in [1.82, 2.24) is 0 Å². The molecule has 0 aliphatic heterocycles. The number of benzene rings is 3. The lowest BCUT2D eigenvalue weighted by atomic mass is 10.2. The van der Waals surface area contributed by atoms with Gasteiger partial charge in [0.25, 0.3) is 20.0 Å². The molecule has 0 aliphatic rings. The molecule has 0 saturated heterocycles. The molecule has 3 aromatic carbocycles. The third-order valence-electron chi connectivity index (χ3n) is 4.53. The van der Waals surface area contributed by atoms with E-state index in [0.29, 0.717) is 16.5 Å². The summed E-state index contributed by atoms with van der Waals surface area (Å²) in [6.07, 6.45) is 0. The molecular formula is C21H16ClFN2O5S2. The van der Waals surface area contributed by atoms with E-state index in [2.05, 4.69) is 9.44 Å². The van der Waals surface area contributed by atoms with Crippen LogP contribution in [0, 0.1) is 0 Å². The predicted octanol–water partition coefficient (Wildman–Crippen LogP) is 5.16. The first kappa shape index (κ1) is 22.1. The Kier molecular flexibility index (Phi) is 5.85. The quantitative estimate of drug-likeness (QED) is 0.369. The summed E-state index contributed by atoms with van der Waals surface area (Å²) in [5, 5.41) is 0.438. The Bertz CT molecular complexity index is 1470. The molecule has 0 unspecified atom stereocenters. The Morgan fingerprint density at radius 3 is 2.19 bits per heavy atom. The number of hydrogen-bond acceptors (Lipinski definition) is 5. The van der Waals surface area contributed by atoms with E-state index in [9.17, 15) is 21.2 Å². The molecule has 0 atom stereocenters. The van der Waals surface area contributed by atoms with Crippen LogP contribution < -0.4 is 9.44 Å². The van der Waals surface area contributed by atoms with Crippen LogP contribution in [0.5, 0.6) is 0 Å². The van der Waals surface area contributed by atoms with E-state index in [4.69, 9.17) is 16.0 Å². The number of fused-ring (bicyclic) bond motifs is 1. The number of anilines is 2. The van der Waals surface area contributed by atoms with Gasteiger partial charge in [0.15, 0.2) is 0 Å².